The highest BCUT2D eigenvalue weighted by molar-refractivity contribution is 6.13. The number of hydrogen-bond donors (Lipinski definition) is 1. The van der Waals surface area contributed by atoms with Crippen molar-refractivity contribution in [3.05, 3.63) is 107 Å². The fourth-order valence-electron chi connectivity index (χ4n) is 4.20. The zero-order valence-corrected chi connectivity index (χ0v) is 19.1. The van der Waals surface area contributed by atoms with Gasteiger partial charge in [0.2, 0.25) is 0 Å². The second kappa shape index (κ2) is 8.56. The Hall–Kier alpha value is -4.32. The van der Waals surface area contributed by atoms with Crippen LogP contribution in [0, 0.1) is 26.6 Å². The largest absolute Gasteiger partial charge is 0.321 e. The Morgan fingerprint density at radius 1 is 0.912 bits per heavy atom. The van der Waals surface area contributed by atoms with Gasteiger partial charge >= 0.3 is 0 Å². The van der Waals surface area contributed by atoms with Crippen molar-refractivity contribution in [1.29, 1.82) is 0 Å². The van der Waals surface area contributed by atoms with Crippen molar-refractivity contribution in [2.24, 2.45) is 0 Å². The molecule has 0 unspecified atom stereocenters. The second-order valence-electron chi connectivity index (χ2n) is 8.33. The van der Waals surface area contributed by atoms with E-state index in [-0.39, 0.29) is 11.7 Å². The van der Waals surface area contributed by atoms with Gasteiger partial charge < -0.3 is 5.32 Å². The van der Waals surface area contributed by atoms with E-state index in [4.69, 9.17) is 4.98 Å². The molecule has 0 aliphatic carbocycles. The van der Waals surface area contributed by atoms with Gasteiger partial charge in [0, 0.05) is 16.6 Å². The van der Waals surface area contributed by atoms with Crippen molar-refractivity contribution in [3.63, 3.8) is 0 Å². The summed E-state index contributed by atoms with van der Waals surface area (Å²) in [5, 5.41) is 8.36. The van der Waals surface area contributed by atoms with Crippen molar-refractivity contribution in [2.75, 3.05) is 5.32 Å². The molecule has 0 aliphatic heterocycles. The number of aromatic nitrogens is 3. The molecule has 0 aliphatic rings. The number of aryl methyl sites for hydroxylation is 2. The van der Waals surface area contributed by atoms with E-state index in [1.807, 2.05) is 69.3 Å². The van der Waals surface area contributed by atoms with Gasteiger partial charge in [-0.25, -0.2) is 14.1 Å². The van der Waals surface area contributed by atoms with E-state index in [2.05, 4.69) is 10.4 Å². The molecule has 5 rings (SSSR count). The van der Waals surface area contributed by atoms with Crippen LogP contribution in [0.5, 0.6) is 0 Å². The van der Waals surface area contributed by atoms with Crippen LogP contribution in [0.3, 0.4) is 0 Å². The van der Waals surface area contributed by atoms with Gasteiger partial charge in [-0.1, -0.05) is 36.4 Å². The Morgan fingerprint density at radius 2 is 1.62 bits per heavy atom. The number of pyridine rings is 1. The van der Waals surface area contributed by atoms with Crippen LogP contribution in [0.2, 0.25) is 0 Å². The van der Waals surface area contributed by atoms with Crippen molar-refractivity contribution < 1.29 is 9.18 Å². The summed E-state index contributed by atoms with van der Waals surface area (Å²) in [6, 6.07) is 21.5. The summed E-state index contributed by atoms with van der Waals surface area (Å²) in [6.07, 6.45) is 1.73. The van der Waals surface area contributed by atoms with Gasteiger partial charge in [0.25, 0.3) is 5.91 Å². The number of anilines is 1. The molecular formula is C28H23FN4O. The molecule has 6 heteroatoms. The fourth-order valence-corrected chi connectivity index (χ4v) is 4.20. The van der Waals surface area contributed by atoms with Crippen molar-refractivity contribution in [1.82, 2.24) is 14.8 Å². The number of nitrogens with one attached hydrogen (secondary N) is 1. The molecule has 0 atom stereocenters. The molecule has 1 N–H and O–H groups in total. The van der Waals surface area contributed by atoms with E-state index < -0.39 is 0 Å². The minimum absolute atomic E-state index is 0.194. The molecule has 0 spiro atoms. The highest BCUT2D eigenvalue weighted by Gasteiger charge is 2.18. The maximum absolute atomic E-state index is 13.5. The molecule has 2 heterocycles. The van der Waals surface area contributed by atoms with Crippen LogP contribution in [-0.4, -0.2) is 20.7 Å². The molecule has 5 aromatic rings. The van der Waals surface area contributed by atoms with Crippen LogP contribution in [-0.2, 0) is 0 Å². The number of carbonyl (C=O) groups is 1. The minimum atomic E-state index is -0.301. The molecule has 5 nitrogen and oxygen atoms in total. The van der Waals surface area contributed by atoms with Gasteiger partial charge in [-0.05, 0) is 68.3 Å². The van der Waals surface area contributed by atoms with Gasteiger partial charge in [0.05, 0.1) is 34.4 Å². The first-order valence-corrected chi connectivity index (χ1v) is 11.0. The quantitative estimate of drug-likeness (QED) is 0.344. The van der Waals surface area contributed by atoms with Crippen LogP contribution < -0.4 is 5.32 Å². The van der Waals surface area contributed by atoms with Crippen molar-refractivity contribution >= 4 is 22.5 Å². The Morgan fingerprint density at radius 3 is 2.35 bits per heavy atom. The number of para-hydroxylation sites is 2. The van der Waals surface area contributed by atoms with E-state index in [1.165, 1.54) is 12.1 Å². The first-order valence-electron chi connectivity index (χ1n) is 11.0. The summed E-state index contributed by atoms with van der Waals surface area (Å²) in [4.78, 5) is 18.3. The number of carbonyl (C=O) groups excluding carboxylic acids is 1. The van der Waals surface area contributed by atoms with Crippen LogP contribution in [0.1, 0.15) is 27.2 Å². The third-order valence-corrected chi connectivity index (χ3v) is 6.04. The van der Waals surface area contributed by atoms with Gasteiger partial charge in [0.1, 0.15) is 5.82 Å². The zero-order chi connectivity index (χ0) is 23.8. The first-order chi connectivity index (χ1) is 16.4. The number of amides is 1. The molecule has 1 amide bonds. The Balaban J connectivity index is 1.61. The van der Waals surface area contributed by atoms with Crippen molar-refractivity contribution in [3.8, 4) is 16.9 Å². The van der Waals surface area contributed by atoms with E-state index in [0.717, 1.165) is 44.7 Å². The zero-order valence-electron chi connectivity index (χ0n) is 19.1. The molecule has 0 fully saturated rings. The molecule has 168 valence electrons. The van der Waals surface area contributed by atoms with E-state index in [1.54, 1.807) is 23.0 Å². The molecular weight excluding hydrogens is 427 g/mol. The average Bonchev–Trinajstić information content (AvgIpc) is 3.22. The Kier molecular flexibility index (Phi) is 5.42. The van der Waals surface area contributed by atoms with Crippen LogP contribution >= 0.6 is 0 Å². The van der Waals surface area contributed by atoms with Gasteiger partial charge in [-0.2, -0.15) is 5.10 Å². The van der Waals surface area contributed by atoms with Crippen LogP contribution in [0.25, 0.3) is 27.8 Å². The number of hydrogen-bond acceptors (Lipinski definition) is 3. The standard InChI is InChI=1S/C28H23FN4O/c1-17-7-6-8-18(2)27(17)32-28(34)23-15-26(31-25-10-5-4-9-22(23)25)24-16-30-33(19(24)3)21-13-11-20(29)12-14-21/h4-16H,1-3H3,(H,32,34). The van der Waals surface area contributed by atoms with Gasteiger partial charge in [-0.3, -0.25) is 4.79 Å². The SMILES string of the molecule is Cc1cccc(C)c1NC(=O)c1cc(-c2cnn(-c3ccc(F)cc3)c2C)nc2ccccc12. The normalized spacial score (nSPS) is 11.1. The third kappa shape index (κ3) is 3.83. The predicted octanol–water partition coefficient (Wildman–Crippen LogP) is 6.40. The molecule has 3 aromatic carbocycles. The number of fused-ring (bicyclic) bond motifs is 1. The lowest BCUT2D eigenvalue weighted by atomic mass is 10.0. The summed E-state index contributed by atoms with van der Waals surface area (Å²) in [5.41, 5.74) is 7.13. The van der Waals surface area contributed by atoms with Crippen LogP contribution in [0.4, 0.5) is 10.1 Å². The maximum atomic E-state index is 13.5. The lowest BCUT2D eigenvalue weighted by Gasteiger charge is -2.14. The number of rotatable bonds is 4. The Labute approximate surface area is 196 Å². The maximum Gasteiger partial charge on any atom is 0.256 e. The molecule has 34 heavy (non-hydrogen) atoms. The molecule has 0 bridgehead atoms. The van der Waals surface area contributed by atoms with E-state index >= 15 is 0 Å². The molecule has 0 saturated heterocycles. The summed E-state index contributed by atoms with van der Waals surface area (Å²) in [6.45, 7) is 5.89. The smallest absolute Gasteiger partial charge is 0.256 e. The minimum Gasteiger partial charge on any atom is -0.321 e. The summed E-state index contributed by atoms with van der Waals surface area (Å²) >= 11 is 0. The lowest BCUT2D eigenvalue weighted by molar-refractivity contribution is 0.102. The highest BCUT2D eigenvalue weighted by atomic mass is 19.1. The van der Waals surface area contributed by atoms with Gasteiger partial charge in [-0.15, -0.1) is 0 Å². The average molecular weight is 451 g/mol. The fraction of sp³-hybridized carbons (Fsp3) is 0.107. The summed E-state index contributed by atoms with van der Waals surface area (Å²) in [5.74, 6) is -0.495. The monoisotopic (exact) mass is 450 g/mol. The molecule has 2 aromatic heterocycles. The van der Waals surface area contributed by atoms with Crippen molar-refractivity contribution in [2.45, 2.75) is 20.8 Å². The highest BCUT2D eigenvalue weighted by Crippen LogP contribution is 2.29. The number of halogens is 1. The van der Waals surface area contributed by atoms with E-state index in [0.29, 0.717) is 11.3 Å². The predicted molar refractivity (Wildman–Crippen MR) is 133 cm³/mol. The molecule has 0 saturated carbocycles. The Bertz CT molecular complexity index is 1520. The van der Waals surface area contributed by atoms with Gasteiger partial charge in [0.15, 0.2) is 0 Å². The second-order valence-corrected chi connectivity index (χ2v) is 8.33. The van der Waals surface area contributed by atoms with E-state index in [9.17, 15) is 9.18 Å². The summed E-state index contributed by atoms with van der Waals surface area (Å²) in [7, 11) is 0. The number of benzene rings is 3. The third-order valence-electron chi connectivity index (χ3n) is 6.04. The molecule has 0 radical (unpaired) electrons. The lowest BCUT2D eigenvalue weighted by Crippen LogP contribution is -2.15. The van der Waals surface area contributed by atoms with Crippen LogP contribution in [0.15, 0.2) is 79.0 Å². The first kappa shape index (κ1) is 21.5. The summed E-state index contributed by atoms with van der Waals surface area (Å²) < 4.78 is 15.1. The topological polar surface area (TPSA) is 59.8 Å². The number of nitrogens with zero attached hydrogens (tertiary/aromatic N) is 3.